The van der Waals surface area contributed by atoms with Crippen LogP contribution in [0.5, 0.6) is 0 Å². The van der Waals surface area contributed by atoms with Crippen molar-refractivity contribution in [3.8, 4) is 0 Å². The first-order valence-corrected chi connectivity index (χ1v) is 14.5. The SMILES string of the molecule is COC(=O)NC1Cc2ccccc2N(C(=O)CC(C)(C)C[C@H](N)[C@@H](O)CNC(=O)C(CC2CCCCC2)OC)C1. The topological polar surface area (TPSA) is 143 Å². The van der Waals surface area contributed by atoms with Crippen molar-refractivity contribution in [3.63, 3.8) is 0 Å². The molecule has 1 aliphatic carbocycles. The minimum atomic E-state index is -0.963. The van der Waals surface area contributed by atoms with Crippen molar-refractivity contribution in [2.75, 3.05) is 32.2 Å². The summed E-state index contributed by atoms with van der Waals surface area (Å²) in [6.45, 7) is 4.25. The molecule has 0 saturated heterocycles. The van der Waals surface area contributed by atoms with Crippen molar-refractivity contribution < 1.29 is 29.0 Å². The third-order valence-corrected chi connectivity index (χ3v) is 8.21. The van der Waals surface area contributed by atoms with E-state index in [-0.39, 0.29) is 30.8 Å². The van der Waals surface area contributed by atoms with Crippen LogP contribution in [-0.4, -0.2) is 74.6 Å². The van der Waals surface area contributed by atoms with Crippen LogP contribution in [0.1, 0.15) is 70.8 Å². The molecule has 2 unspecified atom stereocenters. The molecule has 0 radical (unpaired) electrons. The number of methoxy groups -OCH3 is 2. The summed E-state index contributed by atoms with van der Waals surface area (Å²) in [5.74, 6) is 0.176. The van der Waals surface area contributed by atoms with E-state index in [0.717, 1.165) is 24.1 Å². The first-order valence-electron chi connectivity index (χ1n) is 14.5. The van der Waals surface area contributed by atoms with E-state index in [9.17, 15) is 19.5 Å². The number of carbonyl (C=O) groups excluding carboxylic acids is 3. The van der Waals surface area contributed by atoms with Gasteiger partial charge in [0.25, 0.3) is 0 Å². The first-order chi connectivity index (χ1) is 19.0. The molecule has 1 aromatic rings. The van der Waals surface area contributed by atoms with Crippen LogP contribution >= 0.6 is 0 Å². The number of nitrogens with two attached hydrogens (primary N) is 1. The highest BCUT2D eigenvalue weighted by atomic mass is 16.5. The number of rotatable bonds is 12. The maximum atomic E-state index is 13.5. The quantitative estimate of drug-likeness (QED) is 0.308. The molecule has 4 atom stereocenters. The van der Waals surface area contributed by atoms with E-state index in [0.29, 0.717) is 31.7 Å². The Kier molecular flexibility index (Phi) is 11.8. The van der Waals surface area contributed by atoms with Crippen molar-refractivity contribution in [2.24, 2.45) is 17.1 Å². The second kappa shape index (κ2) is 14.8. The monoisotopic (exact) mass is 560 g/mol. The maximum absolute atomic E-state index is 13.5. The second-order valence-corrected chi connectivity index (χ2v) is 12.2. The minimum Gasteiger partial charge on any atom is -0.453 e. The number of amides is 3. The van der Waals surface area contributed by atoms with Crippen LogP contribution in [0.2, 0.25) is 0 Å². The number of anilines is 1. The number of carbonyl (C=O) groups is 3. The van der Waals surface area contributed by atoms with Crippen LogP contribution in [-0.2, 0) is 25.5 Å². The normalized spacial score (nSPS) is 20.1. The van der Waals surface area contributed by atoms with E-state index in [2.05, 4.69) is 10.6 Å². The fourth-order valence-electron chi connectivity index (χ4n) is 6.01. The summed E-state index contributed by atoms with van der Waals surface area (Å²) < 4.78 is 10.2. The zero-order valence-corrected chi connectivity index (χ0v) is 24.5. The Labute approximate surface area is 238 Å². The number of ether oxygens (including phenoxy) is 2. The number of aliphatic hydroxyl groups is 1. The van der Waals surface area contributed by atoms with Gasteiger partial charge in [-0.25, -0.2) is 4.79 Å². The van der Waals surface area contributed by atoms with E-state index in [4.69, 9.17) is 15.2 Å². The Morgan fingerprint density at radius 3 is 2.52 bits per heavy atom. The first kappa shape index (κ1) is 31.8. The summed E-state index contributed by atoms with van der Waals surface area (Å²) in [6, 6.07) is 6.77. The molecule has 10 heteroatoms. The number of nitrogens with zero attached hydrogens (tertiary/aromatic N) is 1. The van der Waals surface area contributed by atoms with Gasteiger partial charge in [-0.15, -0.1) is 0 Å². The van der Waals surface area contributed by atoms with Gasteiger partial charge in [0.05, 0.1) is 19.3 Å². The van der Waals surface area contributed by atoms with Crippen molar-refractivity contribution in [1.29, 1.82) is 0 Å². The van der Waals surface area contributed by atoms with E-state index >= 15 is 0 Å². The molecule has 40 heavy (non-hydrogen) atoms. The fraction of sp³-hybridized carbons (Fsp3) is 0.700. The lowest BCUT2D eigenvalue weighted by Gasteiger charge is -2.37. The molecule has 1 aliphatic heterocycles. The molecule has 0 aromatic heterocycles. The molecule has 5 N–H and O–H groups in total. The summed E-state index contributed by atoms with van der Waals surface area (Å²) in [6.07, 6.45) is 5.74. The van der Waals surface area contributed by atoms with Crippen LogP contribution in [0.15, 0.2) is 24.3 Å². The van der Waals surface area contributed by atoms with Crippen LogP contribution in [0.3, 0.4) is 0 Å². The Balaban J connectivity index is 1.53. The van der Waals surface area contributed by atoms with Crippen LogP contribution in [0, 0.1) is 11.3 Å². The molecule has 224 valence electrons. The van der Waals surface area contributed by atoms with Gasteiger partial charge >= 0.3 is 6.09 Å². The lowest BCUT2D eigenvalue weighted by atomic mass is 9.80. The van der Waals surface area contributed by atoms with Gasteiger partial charge in [-0.3, -0.25) is 9.59 Å². The number of nitrogens with one attached hydrogen (secondary N) is 2. The van der Waals surface area contributed by atoms with Crippen LogP contribution in [0.4, 0.5) is 10.5 Å². The zero-order chi connectivity index (χ0) is 29.3. The third kappa shape index (κ3) is 9.17. The molecule has 1 heterocycles. The van der Waals surface area contributed by atoms with E-state index < -0.39 is 29.8 Å². The zero-order valence-electron chi connectivity index (χ0n) is 24.5. The fourth-order valence-corrected chi connectivity index (χ4v) is 6.01. The molecule has 1 aromatic carbocycles. The number of benzene rings is 1. The minimum absolute atomic E-state index is 0.0227. The summed E-state index contributed by atoms with van der Waals surface area (Å²) in [4.78, 5) is 39.8. The molecule has 3 amide bonds. The maximum Gasteiger partial charge on any atom is 0.407 e. The van der Waals surface area contributed by atoms with Gasteiger partial charge in [0.2, 0.25) is 11.8 Å². The average Bonchev–Trinajstić information content (AvgIpc) is 2.93. The highest BCUT2D eigenvalue weighted by molar-refractivity contribution is 5.95. The molecule has 0 spiro atoms. The number of hydrogen-bond acceptors (Lipinski definition) is 7. The lowest BCUT2D eigenvalue weighted by Crippen LogP contribution is -2.51. The number of aliphatic hydroxyl groups excluding tert-OH is 1. The highest BCUT2D eigenvalue weighted by Crippen LogP contribution is 2.33. The van der Waals surface area contributed by atoms with Crippen LogP contribution in [0.25, 0.3) is 0 Å². The molecule has 1 saturated carbocycles. The molecular weight excluding hydrogens is 512 g/mol. The van der Waals surface area contributed by atoms with Gasteiger partial charge in [0, 0.05) is 38.3 Å². The molecule has 0 bridgehead atoms. The molecule has 2 aliphatic rings. The summed E-state index contributed by atoms with van der Waals surface area (Å²) >= 11 is 0. The Morgan fingerprint density at radius 2 is 1.85 bits per heavy atom. The molecule has 1 fully saturated rings. The van der Waals surface area contributed by atoms with Crippen molar-refractivity contribution in [1.82, 2.24) is 10.6 Å². The van der Waals surface area contributed by atoms with Crippen molar-refractivity contribution in [3.05, 3.63) is 29.8 Å². The standard InChI is InChI=1S/C30H48N4O6/c1-30(2,16-23(31)25(35)18-32-28(37)26(39-3)14-20-10-6-5-7-11-20)17-27(36)34-19-22(33-29(38)40-4)15-21-12-8-9-13-24(21)34/h8-9,12-13,20,22-23,25-26,35H,5-7,10-11,14-19,31H2,1-4H3,(H,32,37)(H,33,38)/t22?,23-,25-,26?/m0/s1. The summed E-state index contributed by atoms with van der Waals surface area (Å²) in [5, 5.41) is 16.3. The van der Waals surface area contributed by atoms with Gasteiger partial charge in [0.15, 0.2) is 0 Å². The van der Waals surface area contributed by atoms with E-state index in [1.54, 1.807) is 12.0 Å². The largest absolute Gasteiger partial charge is 0.453 e. The van der Waals surface area contributed by atoms with Gasteiger partial charge in [-0.05, 0) is 42.2 Å². The van der Waals surface area contributed by atoms with Crippen LogP contribution < -0.4 is 21.3 Å². The number of alkyl carbamates (subject to hydrolysis) is 1. The predicted octanol–water partition coefficient (Wildman–Crippen LogP) is 2.90. The van der Waals surface area contributed by atoms with Gasteiger partial charge in [-0.1, -0.05) is 64.2 Å². The van der Waals surface area contributed by atoms with Crippen molar-refractivity contribution >= 4 is 23.6 Å². The van der Waals surface area contributed by atoms with Gasteiger partial charge in [-0.2, -0.15) is 0 Å². The summed E-state index contributed by atoms with van der Waals surface area (Å²) in [7, 11) is 2.86. The third-order valence-electron chi connectivity index (χ3n) is 8.21. The highest BCUT2D eigenvalue weighted by Gasteiger charge is 2.34. The lowest BCUT2D eigenvalue weighted by molar-refractivity contribution is -0.132. The van der Waals surface area contributed by atoms with Gasteiger partial charge < -0.3 is 35.8 Å². The van der Waals surface area contributed by atoms with E-state index in [1.165, 1.54) is 26.4 Å². The smallest absolute Gasteiger partial charge is 0.407 e. The van der Waals surface area contributed by atoms with Gasteiger partial charge in [0.1, 0.15) is 6.10 Å². The Hall–Kier alpha value is -2.69. The number of hydrogen-bond donors (Lipinski definition) is 4. The van der Waals surface area contributed by atoms with E-state index in [1.807, 2.05) is 38.1 Å². The molecule has 10 nitrogen and oxygen atoms in total. The number of fused-ring (bicyclic) bond motifs is 1. The Bertz CT molecular complexity index is 996. The molecule has 3 rings (SSSR count). The second-order valence-electron chi connectivity index (χ2n) is 12.2. The summed E-state index contributed by atoms with van der Waals surface area (Å²) in [5.41, 5.74) is 7.64. The van der Waals surface area contributed by atoms with Crippen molar-refractivity contribution in [2.45, 2.75) is 95.9 Å². The Morgan fingerprint density at radius 1 is 1.15 bits per heavy atom. The predicted molar refractivity (Wildman–Crippen MR) is 154 cm³/mol. The average molecular weight is 561 g/mol. The molecular formula is C30H48N4O6. The number of para-hydroxylation sites is 1.